The van der Waals surface area contributed by atoms with Crippen molar-refractivity contribution in [1.82, 2.24) is 0 Å². The van der Waals surface area contributed by atoms with Gasteiger partial charge in [0.2, 0.25) is 5.91 Å². The average Bonchev–Trinajstić information content (AvgIpc) is 3.39. The highest BCUT2D eigenvalue weighted by molar-refractivity contribution is 6.04. The van der Waals surface area contributed by atoms with Crippen LogP contribution in [-0.2, 0) is 11.0 Å². The summed E-state index contributed by atoms with van der Waals surface area (Å²) in [7, 11) is 0. The minimum absolute atomic E-state index is 0.0349. The molecule has 1 aromatic heterocycles. The number of amides is 2. The first-order chi connectivity index (χ1) is 16.8. The van der Waals surface area contributed by atoms with Gasteiger partial charge in [0, 0.05) is 35.8 Å². The maximum Gasteiger partial charge on any atom is 0.418 e. The standard InChI is InChI=1S/C25H25F3N4O3/c26-25(27,28)21-14-19(31-24(34)17-10-13-35-16-17)6-9-22(21)29-15-23(33)30-18-4-7-20(8-5-18)32-11-2-1-3-12-32/h4-10,13-14,16,29H,1-3,11-12,15H2,(H,30,33)(H,31,34). The third-order valence-corrected chi connectivity index (χ3v) is 5.68. The highest BCUT2D eigenvalue weighted by Gasteiger charge is 2.34. The Morgan fingerprint density at radius 2 is 1.63 bits per heavy atom. The molecule has 2 amide bonds. The van der Waals surface area contributed by atoms with Gasteiger partial charge in [0.15, 0.2) is 0 Å². The van der Waals surface area contributed by atoms with Crippen LogP contribution < -0.4 is 20.9 Å². The van der Waals surface area contributed by atoms with Gasteiger partial charge in [0.1, 0.15) is 6.26 Å². The lowest BCUT2D eigenvalue weighted by Crippen LogP contribution is -2.29. The Kier molecular flexibility index (Phi) is 7.28. The number of piperidine rings is 1. The largest absolute Gasteiger partial charge is 0.472 e. The van der Waals surface area contributed by atoms with Crippen LogP contribution in [0.2, 0.25) is 0 Å². The second-order valence-corrected chi connectivity index (χ2v) is 8.22. The van der Waals surface area contributed by atoms with Crippen molar-refractivity contribution < 1.29 is 27.2 Å². The fourth-order valence-electron chi connectivity index (χ4n) is 3.90. The summed E-state index contributed by atoms with van der Waals surface area (Å²) in [6, 6.07) is 12.1. The van der Waals surface area contributed by atoms with Crippen LogP contribution >= 0.6 is 0 Å². The van der Waals surface area contributed by atoms with E-state index in [4.69, 9.17) is 4.42 Å². The number of rotatable bonds is 7. The van der Waals surface area contributed by atoms with Gasteiger partial charge in [-0.2, -0.15) is 13.2 Å². The minimum atomic E-state index is -4.69. The van der Waals surface area contributed by atoms with Crippen LogP contribution in [0.1, 0.15) is 35.2 Å². The predicted molar refractivity (Wildman–Crippen MR) is 128 cm³/mol. The maximum absolute atomic E-state index is 13.6. The first-order valence-corrected chi connectivity index (χ1v) is 11.2. The fourth-order valence-corrected chi connectivity index (χ4v) is 3.90. The van der Waals surface area contributed by atoms with Gasteiger partial charge in [-0.25, -0.2) is 0 Å². The number of halogens is 3. The lowest BCUT2D eigenvalue weighted by Gasteiger charge is -2.28. The Morgan fingerprint density at radius 3 is 2.29 bits per heavy atom. The summed E-state index contributed by atoms with van der Waals surface area (Å²) in [6.07, 6.45) is 1.33. The van der Waals surface area contributed by atoms with Crippen LogP contribution in [0.3, 0.4) is 0 Å². The van der Waals surface area contributed by atoms with Crippen LogP contribution in [0.4, 0.5) is 35.9 Å². The lowest BCUT2D eigenvalue weighted by molar-refractivity contribution is -0.137. The Hall–Kier alpha value is -3.95. The third kappa shape index (κ3) is 6.34. The second-order valence-electron chi connectivity index (χ2n) is 8.22. The van der Waals surface area contributed by atoms with E-state index < -0.39 is 23.6 Å². The van der Waals surface area contributed by atoms with Gasteiger partial charge in [-0.1, -0.05) is 0 Å². The molecule has 7 nitrogen and oxygen atoms in total. The van der Waals surface area contributed by atoms with E-state index in [1.54, 1.807) is 12.1 Å². The molecule has 0 spiro atoms. The highest BCUT2D eigenvalue weighted by atomic mass is 19.4. The van der Waals surface area contributed by atoms with E-state index in [2.05, 4.69) is 20.9 Å². The number of hydrogen-bond donors (Lipinski definition) is 3. The van der Waals surface area contributed by atoms with Crippen LogP contribution in [0.5, 0.6) is 0 Å². The van der Waals surface area contributed by atoms with Crippen molar-refractivity contribution in [1.29, 1.82) is 0 Å². The molecule has 10 heteroatoms. The first-order valence-electron chi connectivity index (χ1n) is 11.2. The molecule has 1 aliphatic heterocycles. The fraction of sp³-hybridized carbons (Fsp3) is 0.280. The number of nitrogens with zero attached hydrogens (tertiary/aromatic N) is 1. The quantitative estimate of drug-likeness (QED) is 0.405. The van der Waals surface area contributed by atoms with Crippen molar-refractivity contribution in [2.75, 3.05) is 40.5 Å². The lowest BCUT2D eigenvalue weighted by atomic mass is 10.1. The summed E-state index contributed by atoms with van der Waals surface area (Å²) in [5, 5.41) is 7.63. The Labute approximate surface area is 200 Å². The third-order valence-electron chi connectivity index (χ3n) is 5.68. The van der Waals surface area contributed by atoms with Crippen LogP contribution in [0.25, 0.3) is 0 Å². The molecule has 0 radical (unpaired) electrons. The Morgan fingerprint density at radius 1 is 0.914 bits per heavy atom. The van der Waals surface area contributed by atoms with Crippen molar-refractivity contribution in [2.24, 2.45) is 0 Å². The number of anilines is 4. The molecule has 0 bridgehead atoms. The smallest absolute Gasteiger partial charge is 0.418 e. The van der Waals surface area contributed by atoms with Crippen LogP contribution in [0, 0.1) is 0 Å². The molecule has 4 rings (SSSR count). The molecule has 1 aliphatic rings. The normalized spacial score (nSPS) is 13.9. The van der Waals surface area contributed by atoms with Gasteiger partial charge >= 0.3 is 6.18 Å². The molecule has 1 fully saturated rings. The topological polar surface area (TPSA) is 86.6 Å². The van der Waals surface area contributed by atoms with E-state index in [0.29, 0.717) is 5.69 Å². The molecule has 3 aromatic rings. The number of carbonyl (C=O) groups is 2. The number of benzene rings is 2. The molecule has 0 saturated carbocycles. The molecule has 0 unspecified atom stereocenters. The molecule has 2 aromatic carbocycles. The second kappa shape index (κ2) is 10.5. The summed E-state index contributed by atoms with van der Waals surface area (Å²) in [5.74, 6) is -1.08. The number of furan rings is 1. The SMILES string of the molecule is O=C(CNc1ccc(NC(=O)c2ccoc2)cc1C(F)(F)F)Nc1ccc(N2CCCCC2)cc1. The molecule has 184 valence electrons. The molecule has 0 aliphatic carbocycles. The number of hydrogen-bond acceptors (Lipinski definition) is 5. The van der Waals surface area contributed by atoms with E-state index >= 15 is 0 Å². The Bertz CT molecular complexity index is 1160. The van der Waals surface area contributed by atoms with Crippen molar-refractivity contribution in [3.05, 3.63) is 72.2 Å². The number of alkyl halides is 3. The summed E-state index contributed by atoms with van der Waals surface area (Å²) in [6.45, 7) is 1.64. The van der Waals surface area contributed by atoms with E-state index in [0.717, 1.165) is 37.7 Å². The first kappa shape index (κ1) is 24.2. The number of carbonyl (C=O) groups excluding carboxylic acids is 2. The molecule has 35 heavy (non-hydrogen) atoms. The van der Waals surface area contributed by atoms with Gasteiger partial charge in [-0.05, 0) is 67.8 Å². The van der Waals surface area contributed by atoms with Gasteiger partial charge in [-0.3, -0.25) is 9.59 Å². The predicted octanol–water partition coefficient (Wildman–Crippen LogP) is 5.59. The summed E-state index contributed by atoms with van der Waals surface area (Å²) in [5.41, 5.74) is 0.519. The van der Waals surface area contributed by atoms with Gasteiger partial charge in [0.05, 0.1) is 23.9 Å². The zero-order valence-electron chi connectivity index (χ0n) is 18.8. The summed E-state index contributed by atoms with van der Waals surface area (Å²) >= 11 is 0. The monoisotopic (exact) mass is 486 g/mol. The van der Waals surface area contributed by atoms with Crippen LogP contribution in [0.15, 0.2) is 65.5 Å². The van der Waals surface area contributed by atoms with Crippen molar-refractivity contribution in [2.45, 2.75) is 25.4 Å². The van der Waals surface area contributed by atoms with Crippen LogP contribution in [-0.4, -0.2) is 31.4 Å². The zero-order valence-corrected chi connectivity index (χ0v) is 18.8. The molecular formula is C25H25F3N4O3. The number of nitrogens with one attached hydrogen (secondary N) is 3. The molecule has 0 atom stereocenters. The molecular weight excluding hydrogens is 461 g/mol. The van der Waals surface area contributed by atoms with Gasteiger partial charge in [0.25, 0.3) is 5.91 Å². The van der Waals surface area contributed by atoms with Gasteiger partial charge in [-0.15, -0.1) is 0 Å². The maximum atomic E-state index is 13.6. The van der Waals surface area contributed by atoms with Crippen molar-refractivity contribution >= 4 is 34.6 Å². The van der Waals surface area contributed by atoms with E-state index in [-0.39, 0.29) is 23.5 Å². The molecule has 3 N–H and O–H groups in total. The summed E-state index contributed by atoms with van der Waals surface area (Å²) in [4.78, 5) is 26.7. The highest BCUT2D eigenvalue weighted by Crippen LogP contribution is 2.36. The average molecular weight is 486 g/mol. The zero-order chi connectivity index (χ0) is 24.8. The Balaban J connectivity index is 1.37. The van der Waals surface area contributed by atoms with E-state index in [9.17, 15) is 22.8 Å². The molecule has 2 heterocycles. The van der Waals surface area contributed by atoms with Crippen molar-refractivity contribution in [3.8, 4) is 0 Å². The molecule has 1 saturated heterocycles. The summed E-state index contributed by atoms with van der Waals surface area (Å²) < 4.78 is 45.7. The minimum Gasteiger partial charge on any atom is -0.472 e. The van der Waals surface area contributed by atoms with Gasteiger partial charge < -0.3 is 25.3 Å². The van der Waals surface area contributed by atoms with E-state index in [1.807, 2.05) is 12.1 Å². The van der Waals surface area contributed by atoms with Crippen molar-refractivity contribution in [3.63, 3.8) is 0 Å². The van der Waals surface area contributed by atoms with E-state index in [1.165, 1.54) is 37.1 Å².